The molecule has 2 bridgehead atoms. The Morgan fingerprint density at radius 3 is 2.83 bits per heavy atom. The van der Waals surface area contributed by atoms with Crippen molar-refractivity contribution in [3.63, 3.8) is 0 Å². The van der Waals surface area contributed by atoms with Gasteiger partial charge in [0, 0.05) is 22.4 Å². The highest BCUT2D eigenvalue weighted by Gasteiger charge is 2.22. The molecule has 2 amide bonds. The Labute approximate surface area is 211 Å². The van der Waals surface area contributed by atoms with E-state index in [4.69, 9.17) is 9.26 Å². The number of para-hydroxylation sites is 1. The Hall–Kier alpha value is -3.99. The standard InChI is InChI=1S/C25H26N6O4S/c1-16-21(17(2)35-28-16)11-20-7-8-23(36-20)25(33)30-12-18-5-3-4-6-22(18)34-10-9-26-24(32)15-31-14-19(13-30)27-29-31/h3-8,14H,9-13,15H2,1-2H3,(H,26,32). The van der Waals surface area contributed by atoms with Gasteiger partial charge in [0.2, 0.25) is 5.91 Å². The first kappa shape index (κ1) is 23.7. The fraction of sp³-hybridized carbons (Fsp3) is 0.320. The first-order valence-corrected chi connectivity index (χ1v) is 12.4. The van der Waals surface area contributed by atoms with Crippen molar-refractivity contribution in [2.45, 2.75) is 39.9 Å². The van der Waals surface area contributed by atoms with Crippen LogP contribution in [-0.4, -0.2) is 50.0 Å². The Bertz CT molecular complexity index is 1370. The van der Waals surface area contributed by atoms with Crippen LogP contribution in [0.1, 0.15) is 42.8 Å². The average molecular weight is 507 g/mol. The Balaban J connectivity index is 1.43. The molecule has 1 N–H and O–H groups in total. The zero-order chi connectivity index (χ0) is 25.1. The van der Waals surface area contributed by atoms with Crippen LogP contribution in [0.3, 0.4) is 0 Å². The number of carbonyl (C=O) groups is 2. The zero-order valence-corrected chi connectivity index (χ0v) is 20.9. The normalized spacial score (nSPS) is 14.5. The van der Waals surface area contributed by atoms with Crippen molar-refractivity contribution >= 4 is 23.2 Å². The number of fused-ring (bicyclic) bond motifs is 3. The minimum absolute atomic E-state index is 0.0491. The lowest BCUT2D eigenvalue weighted by atomic mass is 10.1. The van der Waals surface area contributed by atoms with Gasteiger partial charge in [0.15, 0.2) is 0 Å². The highest BCUT2D eigenvalue weighted by atomic mass is 32.1. The first-order valence-electron chi connectivity index (χ1n) is 11.6. The second-order valence-electron chi connectivity index (χ2n) is 8.62. The lowest BCUT2D eigenvalue weighted by Crippen LogP contribution is -2.32. The zero-order valence-electron chi connectivity index (χ0n) is 20.1. The lowest BCUT2D eigenvalue weighted by Gasteiger charge is -2.23. The molecule has 4 aromatic rings. The molecule has 4 heterocycles. The summed E-state index contributed by atoms with van der Waals surface area (Å²) in [6.07, 6.45) is 2.36. The van der Waals surface area contributed by atoms with E-state index in [0.29, 0.717) is 42.4 Å². The molecule has 3 aromatic heterocycles. The van der Waals surface area contributed by atoms with Crippen LogP contribution in [0.25, 0.3) is 0 Å². The number of rotatable bonds is 3. The van der Waals surface area contributed by atoms with Gasteiger partial charge in [0.1, 0.15) is 30.4 Å². The van der Waals surface area contributed by atoms with Crippen molar-refractivity contribution in [2.24, 2.45) is 0 Å². The number of amides is 2. The SMILES string of the molecule is Cc1noc(C)c1Cc1ccc(C(=O)N2Cc3cn(nn3)CC(=O)NCCOc3ccccc3C2)s1. The lowest BCUT2D eigenvalue weighted by molar-refractivity contribution is -0.122. The molecule has 0 radical (unpaired) electrons. The van der Waals surface area contributed by atoms with E-state index >= 15 is 0 Å². The summed E-state index contributed by atoms with van der Waals surface area (Å²) in [5.41, 5.74) is 3.37. The maximum Gasteiger partial charge on any atom is 0.264 e. The molecule has 0 saturated carbocycles. The number of thiophene rings is 1. The third-order valence-electron chi connectivity index (χ3n) is 5.95. The summed E-state index contributed by atoms with van der Waals surface area (Å²) in [4.78, 5) is 29.3. The molecule has 1 aliphatic heterocycles. The number of aromatic nitrogens is 4. The fourth-order valence-corrected chi connectivity index (χ4v) is 5.08. The van der Waals surface area contributed by atoms with E-state index < -0.39 is 0 Å². The molecule has 0 aliphatic carbocycles. The van der Waals surface area contributed by atoms with Gasteiger partial charge in [0.05, 0.1) is 36.4 Å². The number of carbonyl (C=O) groups excluding carboxylic acids is 2. The van der Waals surface area contributed by atoms with Gasteiger partial charge < -0.3 is 19.5 Å². The minimum atomic E-state index is -0.183. The maximum atomic E-state index is 13.7. The Morgan fingerprint density at radius 2 is 2.00 bits per heavy atom. The summed E-state index contributed by atoms with van der Waals surface area (Å²) in [5.74, 6) is 1.17. The summed E-state index contributed by atoms with van der Waals surface area (Å²) in [5, 5.41) is 15.1. The van der Waals surface area contributed by atoms with E-state index in [1.165, 1.54) is 16.0 Å². The van der Waals surface area contributed by atoms with Crippen LogP contribution in [0.4, 0.5) is 0 Å². The van der Waals surface area contributed by atoms with Crippen LogP contribution in [-0.2, 0) is 30.8 Å². The van der Waals surface area contributed by atoms with Gasteiger partial charge in [-0.1, -0.05) is 28.6 Å². The molecule has 5 rings (SSSR count). The molecule has 1 aromatic carbocycles. The Morgan fingerprint density at radius 1 is 1.14 bits per heavy atom. The van der Waals surface area contributed by atoms with Crippen molar-refractivity contribution in [1.82, 2.24) is 30.4 Å². The van der Waals surface area contributed by atoms with E-state index in [9.17, 15) is 9.59 Å². The van der Waals surface area contributed by atoms with Crippen LogP contribution in [0, 0.1) is 13.8 Å². The average Bonchev–Trinajstić information content (AvgIpc) is 3.59. The number of ether oxygens (including phenoxy) is 1. The molecule has 1 aliphatic rings. The van der Waals surface area contributed by atoms with Gasteiger partial charge in [-0.25, -0.2) is 4.68 Å². The van der Waals surface area contributed by atoms with Crippen LogP contribution in [0.5, 0.6) is 5.75 Å². The van der Waals surface area contributed by atoms with Crippen molar-refractivity contribution in [1.29, 1.82) is 0 Å². The third-order valence-corrected chi connectivity index (χ3v) is 7.03. The fourth-order valence-electron chi connectivity index (χ4n) is 4.09. The molecule has 186 valence electrons. The van der Waals surface area contributed by atoms with Crippen LogP contribution in [0.2, 0.25) is 0 Å². The summed E-state index contributed by atoms with van der Waals surface area (Å²) < 4.78 is 12.7. The van der Waals surface area contributed by atoms with Crippen molar-refractivity contribution in [2.75, 3.05) is 13.2 Å². The second-order valence-corrected chi connectivity index (χ2v) is 9.79. The first-order chi connectivity index (χ1) is 17.5. The van der Waals surface area contributed by atoms with Gasteiger partial charge in [0.25, 0.3) is 5.91 Å². The minimum Gasteiger partial charge on any atom is -0.491 e. The molecule has 0 saturated heterocycles. The van der Waals surface area contributed by atoms with Crippen molar-refractivity contribution < 1.29 is 18.8 Å². The predicted molar refractivity (Wildman–Crippen MR) is 132 cm³/mol. The number of hydrogen-bond donors (Lipinski definition) is 1. The molecule has 10 nitrogen and oxygen atoms in total. The monoisotopic (exact) mass is 506 g/mol. The predicted octanol–water partition coefficient (Wildman–Crippen LogP) is 2.89. The molecule has 0 atom stereocenters. The number of nitrogens with zero attached hydrogens (tertiary/aromatic N) is 5. The molecular weight excluding hydrogens is 480 g/mol. The van der Waals surface area contributed by atoms with E-state index in [0.717, 1.165) is 27.5 Å². The topological polar surface area (TPSA) is 115 Å². The van der Waals surface area contributed by atoms with Gasteiger partial charge >= 0.3 is 0 Å². The summed E-state index contributed by atoms with van der Waals surface area (Å²) >= 11 is 1.46. The van der Waals surface area contributed by atoms with Gasteiger partial charge in [-0.3, -0.25) is 9.59 Å². The highest BCUT2D eigenvalue weighted by Crippen LogP contribution is 2.27. The van der Waals surface area contributed by atoms with E-state index in [1.54, 1.807) is 11.1 Å². The highest BCUT2D eigenvalue weighted by molar-refractivity contribution is 7.14. The van der Waals surface area contributed by atoms with E-state index in [1.807, 2.05) is 50.2 Å². The Kier molecular flexibility index (Phi) is 6.81. The number of aryl methyl sites for hydroxylation is 2. The number of hydrogen-bond acceptors (Lipinski definition) is 8. The van der Waals surface area contributed by atoms with Crippen LogP contribution >= 0.6 is 11.3 Å². The summed E-state index contributed by atoms with van der Waals surface area (Å²) in [6, 6.07) is 11.4. The molecule has 36 heavy (non-hydrogen) atoms. The number of benzene rings is 1. The molecule has 0 unspecified atom stereocenters. The van der Waals surface area contributed by atoms with E-state index in [-0.39, 0.29) is 24.9 Å². The van der Waals surface area contributed by atoms with Crippen molar-refractivity contribution in [3.05, 3.63) is 80.6 Å². The van der Waals surface area contributed by atoms with Gasteiger partial charge in [-0.05, 0) is 32.0 Å². The molecule has 11 heteroatoms. The molecular formula is C25H26N6O4S. The molecule has 0 spiro atoms. The largest absolute Gasteiger partial charge is 0.491 e. The molecule has 0 fully saturated rings. The van der Waals surface area contributed by atoms with Crippen molar-refractivity contribution in [3.8, 4) is 5.75 Å². The smallest absolute Gasteiger partial charge is 0.264 e. The summed E-state index contributed by atoms with van der Waals surface area (Å²) in [7, 11) is 0. The third kappa shape index (κ3) is 5.30. The van der Waals surface area contributed by atoms with E-state index in [2.05, 4.69) is 20.8 Å². The van der Waals surface area contributed by atoms with Gasteiger partial charge in [-0.2, -0.15) is 0 Å². The van der Waals surface area contributed by atoms with Crippen LogP contribution in [0.15, 0.2) is 47.1 Å². The second kappa shape index (κ2) is 10.3. The maximum absolute atomic E-state index is 13.7. The summed E-state index contributed by atoms with van der Waals surface area (Å²) in [6.45, 7) is 5.12. The van der Waals surface area contributed by atoms with Crippen LogP contribution < -0.4 is 10.1 Å². The quantitative estimate of drug-likeness (QED) is 0.454. The van der Waals surface area contributed by atoms with Gasteiger partial charge in [-0.15, -0.1) is 16.4 Å². The number of nitrogens with one attached hydrogen (secondary N) is 1.